The zero-order valence-corrected chi connectivity index (χ0v) is 9.42. The molecule has 1 aromatic rings. The molecule has 2 N–H and O–H groups in total. The van der Waals surface area contributed by atoms with Crippen LogP contribution in [0.3, 0.4) is 0 Å². The van der Waals surface area contributed by atoms with Gasteiger partial charge in [-0.1, -0.05) is 29.8 Å². The third-order valence-electron chi connectivity index (χ3n) is 1.94. The van der Waals surface area contributed by atoms with Gasteiger partial charge < -0.3 is 5.11 Å². The number of hydrogen-bond donors (Lipinski definition) is 2. The number of aliphatic hydroxyl groups excluding tert-OH is 1. The van der Waals surface area contributed by atoms with E-state index in [1.165, 1.54) is 0 Å². The van der Waals surface area contributed by atoms with Crippen molar-refractivity contribution >= 4 is 10.0 Å². The highest BCUT2D eigenvalue weighted by Gasteiger charge is 2.08. The number of hydrogen-bond acceptors (Lipinski definition) is 3. The Morgan fingerprint density at radius 3 is 2.73 bits per heavy atom. The standard InChI is InChI=1S/C10H15NO3S/c1-9-3-2-4-10(7-9)8-11-15(13,14)6-5-12/h2-4,7,11-12H,5-6,8H2,1H3. The van der Waals surface area contributed by atoms with Gasteiger partial charge in [0.25, 0.3) is 0 Å². The van der Waals surface area contributed by atoms with Gasteiger partial charge in [0.1, 0.15) is 0 Å². The highest BCUT2D eigenvalue weighted by molar-refractivity contribution is 7.89. The number of benzene rings is 1. The molecule has 0 saturated heterocycles. The van der Waals surface area contributed by atoms with Crippen molar-refractivity contribution in [3.05, 3.63) is 35.4 Å². The average Bonchev–Trinajstić information content (AvgIpc) is 2.15. The van der Waals surface area contributed by atoms with Crippen LogP contribution in [-0.4, -0.2) is 25.9 Å². The Morgan fingerprint density at radius 1 is 1.40 bits per heavy atom. The van der Waals surface area contributed by atoms with E-state index in [9.17, 15) is 8.42 Å². The molecule has 4 nitrogen and oxygen atoms in total. The Hall–Kier alpha value is -0.910. The molecule has 0 heterocycles. The van der Waals surface area contributed by atoms with E-state index < -0.39 is 10.0 Å². The summed E-state index contributed by atoms with van der Waals surface area (Å²) in [4.78, 5) is 0. The smallest absolute Gasteiger partial charge is 0.214 e. The molecular weight excluding hydrogens is 214 g/mol. The first-order valence-corrected chi connectivity index (χ1v) is 6.32. The lowest BCUT2D eigenvalue weighted by atomic mass is 10.1. The summed E-state index contributed by atoms with van der Waals surface area (Å²) >= 11 is 0. The van der Waals surface area contributed by atoms with Crippen LogP contribution < -0.4 is 4.72 Å². The number of rotatable bonds is 5. The zero-order chi connectivity index (χ0) is 11.3. The molecule has 0 aliphatic heterocycles. The molecule has 0 bridgehead atoms. The third-order valence-corrected chi connectivity index (χ3v) is 3.24. The summed E-state index contributed by atoms with van der Waals surface area (Å²) < 4.78 is 24.9. The minimum Gasteiger partial charge on any atom is -0.395 e. The van der Waals surface area contributed by atoms with Gasteiger partial charge in [0.05, 0.1) is 12.4 Å². The van der Waals surface area contributed by atoms with E-state index in [4.69, 9.17) is 5.11 Å². The molecule has 0 aliphatic carbocycles. The lowest BCUT2D eigenvalue weighted by Crippen LogP contribution is -2.27. The van der Waals surface area contributed by atoms with Crippen molar-refractivity contribution in [3.63, 3.8) is 0 Å². The molecule has 0 aliphatic rings. The Kier molecular flexibility index (Phi) is 4.26. The Morgan fingerprint density at radius 2 is 2.13 bits per heavy atom. The molecule has 5 heteroatoms. The highest BCUT2D eigenvalue weighted by Crippen LogP contribution is 2.03. The molecule has 0 amide bonds. The molecule has 0 aromatic heterocycles. The van der Waals surface area contributed by atoms with Crippen molar-refractivity contribution < 1.29 is 13.5 Å². The van der Waals surface area contributed by atoms with Crippen molar-refractivity contribution in [1.82, 2.24) is 4.72 Å². The monoisotopic (exact) mass is 229 g/mol. The molecule has 84 valence electrons. The number of sulfonamides is 1. The molecule has 15 heavy (non-hydrogen) atoms. The first-order chi connectivity index (χ1) is 7.03. The Labute approximate surface area is 90.0 Å². The molecule has 1 aromatic carbocycles. The van der Waals surface area contributed by atoms with Gasteiger partial charge in [-0.05, 0) is 12.5 Å². The molecule has 1 rings (SSSR count). The quantitative estimate of drug-likeness (QED) is 0.768. The molecule has 0 spiro atoms. The third kappa shape index (κ3) is 4.42. The van der Waals surface area contributed by atoms with Crippen molar-refractivity contribution in [1.29, 1.82) is 0 Å². The van der Waals surface area contributed by atoms with Crippen molar-refractivity contribution in [2.75, 3.05) is 12.4 Å². The summed E-state index contributed by atoms with van der Waals surface area (Å²) in [5.41, 5.74) is 2.00. The zero-order valence-electron chi connectivity index (χ0n) is 8.60. The fourth-order valence-electron chi connectivity index (χ4n) is 1.21. The van der Waals surface area contributed by atoms with Gasteiger partial charge >= 0.3 is 0 Å². The number of aliphatic hydroxyl groups is 1. The van der Waals surface area contributed by atoms with Crippen LogP contribution in [0.25, 0.3) is 0 Å². The summed E-state index contributed by atoms with van der Waals surface area (Å²) in [6, 6.07) is 7.60. The average molecular weight is 229 g/mol. The van der Waals surface area contributed by atoms with Crippen molar-refractivity contribution in [3.8, 4) is 0 Å². The molecule has 0 saturated carbocycles. The van der Waals surface area contributed by atoms with Gasteiger partial charge in [-0.25, -0.2) is 13.1 Å². The van der Waals surface area contributed by atoms with Gasteiger partial charge in [-0.2, -0.15) is 0 Å². The summed E-state index contributed by atoms with van der Waals surface area (Å²) in [6.07, 6.45) is 0. The van der Waals surface area contributed by atoms with Crippen LogP contribution >= 0.6 is 0 Å². The van der Waals surface area contributed by atoms with Crippen LogP contribution in [0.1, 0.15) is 11.1 Å². The minimum absolute atomic E-state index is 0.251. The van der Waals surface area contributed by atoms with E-state index in [1.54, 1.807) is 0 Å². The van der Waals surface area contributed by atoms with Gasteiger partial charge in [-0.3, -0.25) is 0 Å². The Balaban J connectivity index is 2.58. The lowest BCUT2D eigenvalue weighted by Gasteiger charge is -2.05. The second kappa shape index (κ2) is 5.25. The van der Waals surface area contributed by atoms with Crippen LogP contribution in [0.2, 0.25) is 0 Å². The summed E-state index contributed by atoms with van der Waals surface area (Å²) in [5.74, 6) is -0.251. The molecule has 0 unspecified atom stereocenters. The second-order valence-corrected chi connectivity index (χ2v) is 5.28. The van der Waals surface area contributed by atoms with Crippen LogP contribution in [0.4, 0.5) is 0 Å². The minimum atomic E-state index is -3.34. The topological polar surface area (TPSA) is 66.4 Å². The summed E-state index contributed by atoms with van der Waals surface area (Å²) in [7, 11) is -3.34. The van der Waals surface area contributed by atoms with E-state index in [0.29, 0.717) is 0 Å². The van der Waals surface area contributed by atoms with E-state index in [0.717, 1.165) is 11.1 Å². The molecular formula is C10H15NO3S. The van der Waals surface area contributed by atoms with Crippen molar-refractivity contribution in [2.24, 2.45) is 0 Å². The number of aryl methyl sites for hydroxylation is 1. The summed E-state index contributed by atoms with van der Waals surface area (Å²) in [5, 5.41) is 8.52. The van der Waals surface area contributed by atoms with Gasteiger partial charge in [0.15, 0.2) is 0 Å². The molecule has 0 atom stereocenters. The molecule has 0 fully saturated rings. The van der Waals surface area contributed by atoms with E-state index in [-0.39, 0.29) is 18.9 Å². The normalized spacial score (nSPS) is 11.6. The van der Waals surface area contributed by atoms with E-state index in [1.807, 2.05) is 31.2 Å². The van der Waals surface area contributed by atoms with Crippen LogP contribution in [0, 0.1) is 6.92 Å². The largest absolute Gasteiger partial charge is 0.395 e. The SMILES string of the molecule is Cc1cccc(CNS(=O)(=O)CCO)c1. The van der Waals surface area contributed by atoms with Gasteiger partial charge in [-0.15, -0.1) is 0 Å². The highest BCUT2D eigenvalue weighted by atomic mass is 32.2. The van der Waals surface area contributed by atoms with Gasteiger partial charge in [0, 0.05) is 6.54 Å². The first-order valence-electron chi connectivity index (χ1n) is 4.67. The van der Waals surface area contributed by atoms with Crippen LogP contribution in [-0.2, 0) is 16.6 Å². The maximum atomic E-state index is 11.2. The number of nitrogens with one attached hydrogen (secondary N) is 1. The van der Waals surface area contributed by atoms with Crippen molar-refractivity contribution in [2.45, 2.75) is 13.5 Å². The first kappa shape index (κ1) is 12.2. The van der Waals surface area contributed by atoms with Gasteiger partial charge in [0.2, 0.25) is 10.0 Å². The maximum absolute atomic E-state index is 11.2. The van der Waals surface area contributed by atoms with Crippen LogP contribution in [0.5, 0.6) is 0 Å². The maximum Gasteiger partial charge on any atom is 0.214 e. The predicted octanol–water partition coefficient (Wildman–Crippen LogP) is 0.407. The van der Waals surface area contributed by atoms with E-state index in [2.05, 4.69) is 4.72 Å². The summed E-state index contributed by atoms with van der Waals surface area (Å²) in [6.45, 7) is 1.86. The molecule has 0 radical (unpaired) electrons. The van der Waals surface area contributed by atoms with Crippen LogP contribution in [0.15, 0.2) is 24.3 Å². The van der Waals surface area contributed by atoms with E-state index >= 15 is 0 Å². The fourth-order valence-corrected chi connectivity index (χ4v) is 1.98. The lowest BCUT2D eigenvalue weighted by molar-refractivity contribution is 0.319. The Bertz CT molecular complexity index is 414. The second-order valence-electron chi connectivity index (χ2n) is 3.35. The predicted molar refractivity (Wildman–Crippen MR) is 58.9 cm³/mol. The fraction of sp³-hybridized carbons (Fsp3) is 0.400.